The predicted octanol–water partition coefficient (Wildman–Crippen LogP) is 6.33. The molecule has 0 bridgehead atoms. The van der Waals surface area contributed by atoms with E-state index in [0.717, 1.165) is 21.8 Å². The monoisotopic (exact) mass is 493 g/mol. The van der Waals surface area contributed by atoms with Crippen molar-refractivity contribution in [3.8, 4) is 0 Å². The smallest absolute Gasteiger partial charge is 0.0650 e. The summed E-state index contributed by atoms with van der Waals surface area (Å²) < 4.78 is 0. The average molecular weight is 494 g/mol. The fourth-order valence-electron chi connectivity index (χ4n) is 1.77. The fraction of sp³-hybridized carbons (Fsp3) is 0. The molecule has 4 nitrogen and oxygen atoms in total. The van der Waals surface area contributed by atoms with E-state index in [1.807, 2.05) is 60.9 Å². The second-order valence-electron chi connectivity index (χ2n) is 4.22. The van der Waals surface area contributed by atoms with Gasteiger partial charge in [-0.2, -0.15) is 10.2 Å². The largest absolute Gasteiger partial charge is 0.278 e. The van der Waals surface area contributed by atoms with Crippen LogP contribution in [0.15, 0.2) is 60.9 Å². The third-order valence-corrected chi connectivity index (χ3v) is 2.70. The summed E-state index contributed by atoms with van der Waals surface area (Å²) in [6.45, 7) is 0. The Kier molecular flexibility index (Phi) is 8.89. The first-order valence-electron chi connectivity index (χ1n) is 6.23. The number of H-pyrrole nitrogens is 2. The van der Waals surface area contributed by atoms with Crippen LogP contribution in [0.1, 0.15) is 0 Å². The number of benzene rings is 2. The second kappa shape index (κ2) is 10.1. The third-order valence-electron chi connectivity index (χ3n) is 2.70. The van der Waals surface area contributed by atoms with Crippen LogP contribution in [-0.2, 0) is 10.8 Å². The van der Waals surface area contributed by atoms with Crippen LogP contribution < -0.4 is 0 Å². The molecule has 0 saturated heterocycles. The van der Waals surface area contributed by atoms with Gasteiger partial charge in [-0.25, -0.2) is 0 Å². The summed E-state index contributed by atoms with van der Waals surface area (Å²) in [6.07, 6.45) is 3.63. The quantitative estimate of drug-likeness (QED) is 0.222. The molecule has 2 aromatic heterocycles. The number of para-hydroxylation sites is 2. The van der Waals surface area contributed by atoms with Crippen molar-refractivity contribution in [3.05, 3.63) is 68.4 Å². The molecule has 4 rings (SSSR count). The normalized spacial score (nSPS) is 10.8. The Balaban J connectivity index is 0.000000185. The zero-order chi connectivity index (χ0) is 16.7. The number of halogens is 4. The Morgan fingerprint density at radius 1 is 0.667 bits per heavy atom. The van der Waals surface area contributed by atoms with E-state index in [0.29, 0.717) is 0 Å². The summed E-state index contributed by atoms with van der Waals surface area (Å²) in [5, 5.41) is 15.8. The minimum Gasteiger partial charge on any atom is -0.278 e. The van der Waals surface area contributed by atoms with Crippen LogP contribution in [0, 0.1) is 7.43 Å². The van der Waals surface area contributed by atoms with E-state index in [-0.39, 0.29) is 7.43 Å². The van der Waals surface area contributed by atoms with E-state index in [4.69, 9.17) is 38.8 Å². The number of nitrogens with one attached hydrogen (secondary N) is 2. The molecule has 0 aliphatic carbocycles. The van der Waals surface area contributed by atoms with Gasteiger partial charge < -0.3 is 0 Å². The molecular formula is C15H15Cl4N4Ru+. The maximum atomic E-state index is 5.00. The van der Waals surface area contributed by atoms with Crippen LogP contribution in [0.3, 0.4) is 0 Å². The minimum absolute atomic E-state index is 0. The minimum atomic E-state index is -2.97. The molecule has 0 spiro atoms. The summed E-state index contributed by atoms with van der Waals surface area (Å²) in [7, 11) is 17.0. The number of fused-ring (bicyclic) bond motifs is 2. The third kappa shape index (κ3) is 7.74. The van der Waals surface area contributed by atoms with Crippen molar-refractivity contribution in [2.75, 3.05) is 0 Å². The van der Waals surface area contributed by atoms with E-state index < -0.39 is 10.8 Å². The molecule has 4 aromatic rings. The zero-order valence-corrected chi connectivity index (χ0v) is 17.3. The van der Waals surface area contributed by atoms with E-state index in [1.165, 1.54) is 0 Å². The number of aromatic nitrogens is 4. The number of nitrogens with zero attached hydrogens (tertiary/aromatic N) is 2. The van der Waals surface area contributed by atoms with Gasteiger partial charge in [0.2, 0.25) is 0 Å². The average Bonchev–Trinajstić information content (AvgIpc) is 3.15. The van der Waals surface area contributed by atoms with Gasteiger partial charge in [0.05, 0.1) is 23.4 Å². The number of hydrogen-bond acceptors (Lipinski definition) is 2. The van der Waals surface area contributed by atoms with Gasteiger partial charge in [-0.15, -0.1) is 0 Å². The van der Waals surface area contributed by atoms with Crippen molar-refractivity contribution in [1.29, 1.82) is 0 Å². The molecule has 9 heteroatoms. The molecular weight excluding hydrogens is 479 g/mol. The zero-order valence-electron chi connectivity index (χ0n) is 12.5. The van der Waals surface area contributed by atoms with Gasteiger partial charge in [-0.05, 0) is 12.1 Å². The Labute approximate surface area is 159 Å². The van der Waals surface area contributed by atoms with Gasteiger partial charge in [0.15, 0.2) is 0 Å². The van der Waals surface area contributed by atoms with Gasteiger partial charge >= 0.3 is 49.6 Å². The maximum absolute atomic E-state index is 5.00. The van der Waals surface area contributed by atoms with Gasteiger partial charge in [-0.1, -0.05) is 36.4 Å². The first kappa shape index (κ1) is 21.1. The summed E-state index contributed by atoms with van der Waals surface area (Å²) in [5.41, 5.74) is 2.19. The van der Waals surface area contributed by atoms with E-state index in [1.54, 1.807) is 0 Å². The maximum Gasteiger partial charge on any atom is 0.0650 e. The van der Waals surface area contributed by atoms with Crippen LogP contribution in [0.5, 0.6) is 0 Å². The molecule has 0 aliphatic heterocycles. The molecule has 0 unspecified atom stereocenters. The van der Waals surface area contributed by atoms with E-state index in [9.17, 15) is 0 Å². The number of hydrogen-bond donors (Lipinski definition) is 2. The number of aromatic amines is 2. The number of rotatable bonds is 0. The predicted molar refractivity (Wildman–Crippen MR) is 102 cm³/mol. The van der Waals surface area contributed by atoms with Gasteiger partial charge in [0, 0.05) is 18.2 Å². The summed E-state index contributed by atoms with van der Waals surface area (Å²) >= 11 is 0. The van der Waals surface area contributed by atoms with Crippen molar-refractivity contribution < 1.29 is 10.8 Å². The summed E-state index contributed by atoms with van der Waals surface area (Å²) in [4.78, 5) is 0. The fourth-order valence-corrected chi connectivity index (χ4v) is 1.77. The van der Waals surface area contributed by atoms with Gasteiger partial charge in [-0.3, -0.25) is 10.2 Å². The summed E-state index contributed by atoms with van der Waals surface area (Å²) in [5.74, 6) is 0. The molecule has 0 fully saturated rings. The van der Waals surface area contributed by atoms with Crippen molar-refractivity contribution in [1.82, 2.24) is 20.4 Å². The molecule has 24 heavy (non-hydrogen) atoms. The van der Waals surface area contributed by atoms with Crippen molar-refractivity contribution in [2.24, 2.45) is 0 Å². The van der Waals surface area contributed by atoms with Crippen LogP contribution in [0.4, 0.5) is 0 Å². The Bertz CT molecular complexity index is 725. The van der Waals surface area contributed by atoms with Gasteiger partial charge in [0.25, 0.3) is 0 Å². The van der Waals surface area contributed by atoms with Crippen LogP contribution >= 0.6 is 38.8 Å². The van der Waals surface area contributed by atoms with Crippen molar-refractivity contribution >= 4 is 60.6 Å². The standard InChI is InChI=1S/2C7H6N2.CH3.4ClH.Ru/c2*1-2-4-7-6(3-1)5-8-9-7;;;;;;/h2*1-5H,(H,8,9);1H3;4*1H;/q;;+1;;;;;+4/p-4. The second-order valence-corrected chi connectivity index (χ2v) is 20.1. The first-order chi connectivity index (χ1) is 10.9. The van der Waals surface area contributed by atoms with Crippen molar-refractivity contribution in [3.63, 3.8) is 0 Å². The Morgan fingerprint density at radius 2 is 1.00 bits per heavy atom. The molecule has 2 aromatic carbocycles. The molecule has 0 radical (unpaired) electrons. The molecule has 0 aliphatic rings. The summed E-state index contributed by atoms with van der Waals surface area (Å²) in [6, 6.07) is 16.0. The van der Waals surface area contributed by atoms with Crippen LogP contribution in [0.2, 0.25) is 0 Å². The van der Waals surface area contributed by atoms with E-state index in [2.05, 4.69) is 20.4 Å². The van der Waals surface area contributed by atoms with Gasteiger partial charge in [0.1, 0.15) is 0 Å². The molecule has 130 valence electrons. The topological polar surface area (TPSA) is 57.4 Å². The first-order valence-corrected chi connectivity index (χ1v) is 15.2. The Morgan fingerprint density at radius 3 is 1.33 bits per heavy atom. The SMILES string of the molecule is [CH3+].[Cl][Ru]([Cl])([Cl])[Cl].c1ccc2[nH]ncc2c1.c1ccc2[nH]ncc2c1. The molecule has 0 amide bonds. The van der Waals surface area contributed by atoms with Crippen LogP contribution in [-0.4, -0.2) is 20.4 Å². The van der Waals surface area contributed by atoms with Crippen LogP contribution in [0.25, 0.3) is 21.8 Å². The molecule has 2 N–H and O–H groups in total. The molecule has 0 saturated carbocycles. The molecule has 2 heterocycles. The Hall–Kier alpha value is -0.967. The van der Waals surface area contributed by atoms with E-state index >= 15 is 0 Å². The molecule has 0 atom stereocenters. The van der Waals surface area contributed by atoms with Crippen molar-refractivity contribution in [2.45, 2.75) is 0 Å².